The molecule has 1 aromatic heterocycles. The molecule has 1 saturated heterocycles. The molecule has 0 bridgehead atoms. The van der Waals surface area contributed by atoms with Crippen LogP contribution in [-0.2, 0) is 18.3 Å². The number of benzene rings is 1. The Hall–Kier alpha value is -1.65. The molecule has 2 heterocycles. The van der Waals surface area contributed by atoms with E-state index < -0.39 is 0 Å². The van der Waals surface area contributed by atoms with E-state index in [0.717, 1.165) is 38.5 Å². The van der Waals surface area contributed by atoms with Gasteiger partial charge in [0.05, 0.1) is 31.4 Å². The molecule has 0 unspecified atom stereocenters. The van der Waals surface area contributed by atoms with Crippen molar-refractivity contribution in [3.05, 3.63) is 42.4 Å². The molecule has 3 rings (SSSR count). The third-order valence-corrected chi connectivity index (χ3v) is 3.55. The lowest BCUT2D eigenvalue weighted by atomic mass is 10.1. The minimum absolute atomic E-state index is 0.849. The second kappa shape index (κ2) is 5.55. The Balaban J connectivity index is 1.78. The molecule has 0 amide bonds. The lowest BCUT2D eigenvalue weighted by Gasteiger charge is -2.26. The zero-order chi connectivity index (χ0) is 13.1. The average molecular weight is 257 g/mol. The van der Waals surface area contributed by atoms with Gasteiger partial charge < -0.3 is 9.30 Å². The van der Waals surface area contributed by atoms with Gasteiger partial charge in [0.25, 0.3) is 0 Å². The fraction of sp³-hybridized carbons (Fsp3) is 0.400. The molecular weight excluding hydrogens is 238 g/mol. The van der Waals surface area contributed by atoms with E-state index in [1.165, 1.54) is 11.1 Å². The predicted octanol–water partition coefficient (Wildman–Crippen LogP) is 1.92. The van der Waals surface area contributed by atoms with Gasteiger partial charge in [0.2, 0.25) is 0 Å². The van der Waals surface area contributed by atoms with Crippen molar-refractivity contribution < 1.29 is 4.74 Å². The summed E-state index contributed by atoms with van der Waals surface area (Å²) >= 11 is 0. The quantitative estimate of drug-likeness (QED) is 0.841. The number of hydrogen-bond acceptors (Lipinski definition) is 3. The first-order valence-electron chi connectivity index (χ1n) is 6.69. The van der Waals surface area contributed by atoms with E-state index in [0.29, 0.717) is 0 Å². The van der Waals surface area contributed by atoms with Crippen LogP contribution in [0.25, 0.3) is 11.3 Å². The maximum Gasteiger partial charge on any atom is 0.0948 e. The molecule has 1 fully saturated rings. The minimum Gasteiger partial charge on any atom is -0.379 e. The van der Waals surface area contributed by atoms with Crippen molar-refractivity contribution >= 4 is 0 Å². The lowest BCUT2D eigenvalue weighted by molar-refractivity contribution is 0.0342. The summed E-state index contributed by atoms with van der Waals surface area (Å²) in [7, 11) is 2.02. The van der Waals surface area contributed by atoms with Crippen molar-refractivity contribution in [2.75, 3.05) is 26.3 Å². The lowest BCUT2D eigenvalue weighted by Crippen LogP contribution is -2.35. The second-order valence-electron chi connectivity index (χ2n) is 4.98. The van der Waals surface area contributed by atoms with Gasteiger partial charge in [-0.05, 0) is 11.6 Å². The van der Waals surface area contributed by atoms with Crippen molar-refractivity contribution in [3.63, 3.8) is 0 Å². The van der Waals surface area contributed by atoms with Crippen LogP contribution in [0, 0.1) is 0 Å². The molecule has 0 atom stereocenters. The maximum absolute atomic E-state index is 5.38. The molecule has 0 saturated carbocycles. The molecule has 0 aliphatic carbocycles. The number of aryl methyl sites for hydroxylation is 1. The van der Waals surface area contributed by atoms with Crippen molar-refractivity contribution in [2.45, 2.75) is 6.54 Å². The van der Waals surface area contributed by atoms with Gasteiger partial charge in [0.15, 0.2) is 0 Å². The monoisotopic (exact) mass is 257 g/mol. The van der Waals surface area contributed by atoms with Gasteiger partial charge in [-0.2, -0.15) is 0 Å². The van der Waals surface area contributed by atoms with Crippen molar-refractivity contribution in [3.8, 4) is 11.3 Å². The van der Waals surface area contributed by atoms with Gasteiger partial charge >= 0.3 is 0 Å². The Labute approximate surface area is 113 Å². The Kier molecular flexibility index (Phi) is 3.62. The number of rotatable bonds is 3. The Morgan fingerprint density at radius 1 is 1.26 bits per heavy atom. The van der Waals surface area contributed by atoms with Crippen molar-refractivity contribution in [1.29, 1.82) is 0 Å². The number of morpholine rings is 1. The van der Waals surface area contributed by atoms with Crippen molar-refractivity contribution in [1.82, 2.24) is 14.5 Å². The highest BCUT2D eigenvalue weighted by atomic mass is 16.5. The zero-order valence-electron chi connectivity index (χ0n) is 11.2. The molecule has 0 radical (unpaired) electrons. The SMILES string of the molecule is Cn1cncc1-c1cccc(CN2CCOCC2)c1. The van der Waals surface area contributed by atoms with Crippen LogP contribution in [-0.4, -0.2) is 40.8 Å². The zero-order valence-corrected chi connectivity index (χ0v) is 11.2. The van der Waals surface area contributed by atoms with Gasteiger partial charge in [-0.3, -0.25) is 4.90 Å². The standard InChI is InChI=1S/C15H19N3O/c1-17-12-16-10-15(17)14-4-2-3-13(9-14)11-18-5-7-19-8-6-18/h2-4,9-10,12H,5-8,11H2,1H3. The number of ether oxygens (including phenoxy) is 1. The van der Waals surface area contributed by atoms with E-state index in [1.54, 1.807) is 0 Å². The van der Waals surface area contributed by atoms with Crippen LogP contribution in [0.2, 0.25) is 0 Å². The predicted molar refractivity (Wildman–Crippen MR) is 74.7 cm³/mol. The number of aromatic nitrogens is 2. The summed E-state index contributed by atoms with van der Waals surface area (Å²) in [5, 5.41) is 0. The van der Waals surface area contributed by atoms with E-state index in [2.05, 4.69) is 34.1 Å². The largest absolute Gasteiger partial charge is 0.379 e. The highest BCUT2D eigenvalue weighted by Gasteiger charge is 2.11. The highest BCUT2D eigenvalue weighted by molar-refractivity contribution is 5.59. The Bertz CT molecular complexity index is 544. The fourth-order valence-electron chi connectivity index (χ4n) is 2.48. The first-order chi connectivity index (χ1) is 9.33. The molecule has 2 aromatic rings. The van der Waals surface area contributed by atoms with Crippen LogP contribution in [0.3, 0.4) is 0 Å². The van der Waals surface area contributed by atoms with Gasteiger partial charge in [-0.25, -0.2) is 4.98 Å². The summed E-state index contributed by atoms with van der Waals surface area (Å²) in [6.07, 6.45) is 3.75. The van der Waals surface area contributed by atoms with Crippen LogP contribution in [0.15, 0.2) is 36.8 Å². The van der Waals surface area contributed by atoms with Crippen LogP contribution < -0.4 is 0 Å². The number of nitrogens with zero attached hydrogens (tertiary/aromatic N) is 3. The van der Waals surface area contributed by atoms with Gasteiger partial charge in [0, 0.05) is 32.2 Å². The molecule has 4 heteroatoms. The van der Waals surface area contributed by atoms with Gasteiger partial charge in [0.1, 0.15) is 0 Å². The molecule has 19 heavy (non-hydrogen) atoms. The third-order valence-electron chi connectivity index (χ3n) is 3.55. The normalized spacial score (nSPS) is 16.7. The van der Waals surface area contributed by atoms with Gasteiger partial charge in [-0.1, -0.05) is 18.2 Å². The molecule has 1 aliphatic rings. The molecule has 100 valence electrons. The maximum atomic E-state index is 5.38. The Morgan fingerprint density at radius 3 is 2.84 bits per heavy atom. The second-order valence-corrected chi connectivity index (χ2v) is 4.98. The van der Waals surface area contributed by atoms with E-state index in [4.69, 9.17) is 4.74 Å². The summed E-state index contributed by atoms with van der Waals surface area (Å²) in [5.74, 6) is 0. The van der Waals surface area contributed by atoms with Crippen LogP contribution in [0.4, 0.5) is 0 Å². The first-order valence-corrected chi connectivity index (χ1v) is 6.69. The smallest absolute Gasteiger partial charge is 0.0948 e. The number of hydrogen-bond donors (Lipinski definition) is 0. The average Bonchev–Trinajstić information content (AvgIpc) is 2.86. The van der Waals surface area contributed by atoms with Gasteiger partial charge in [-0.15, -0.1) is 0 Å². The van der Waals surface area contributed by atoms with Crippen LogP contribution in [0.1, 0.15) is 5.56 Å². The molecule has 1 aliphatic heterocycles. The summed E-state index contributed by atoms with van der Waals surface area (Å²) in [4.78, 5) is 6.62. The van der Waals surface area contributed by atoms with Crippen molar-refractivity contribution in [2.24, 2.45) is 7.05 Å². The molecular formula is C15H19N3O. The molecule has 1 aromatic carbocycles. The summed E-state index contributed by atoms with van der Waals surface area (Å²) < 4.78 is 7.43. The topological polar surface area (TPSA) is 30.3 Å². The van der Waals surface area contributed by atoms with E-state index >= 15 is 0 Å². The minimum atomic E-state index is 0.849. The van der Waals surface area contributed by atoms with E-state index in [9.17, 15) is 0 Å². The summed E-state index contributed by atoms with van der Waals surface area (Å²) in [6, 6.07) is 8.71. The van der Waals surface area contributed by atoms with Crippen LogP contribution in [0.5, 0.6) is 0 Å². The third kappa shape index (κ3) is 2.85. The molecule has 4 nitrogen and oxygen atoms in total. The Morgan fingerprint density at radius 2 is 2.11 bits per heavy atom. The summed E-state index contributed by atoms with van der Waals surface area (Å²) in [5.41, 5.74) is 3.73. The van der Waals surface area contributed by atoms with E-state index in [-0.39, 0.29) is 0 Å². The van der Waals surface area contributed by atoms with E-state index in [1.807, 2.05) is 24.1 Å². The van der Waals surface area contributed by atoms with Crippen LogP contribution >= 0.6 is 0 Å². The number of imidazole rings is 1. The molecule has 0 spiro atoms. The molecule has 0 N–H and O–H groups in total. The first kappa shape index (κ1) is 12.4. The fourth-order valence-corrected chi connectivity index (χ4v) is 2.48. The highest BCUT2D eigenvalue weighted by Crippen LogP contribution is 2.20. The summed E-state index contributed by atoms with van der Waals surface area (Å²) in [6.45, 7) is 4.74.